The van der Waals surface area contributed by atoms with E-state index in [0.717, 1.165) is 22.0 Å². The van der Waals surface area contributed by atoms with Crippen LogP contribution in [0, 0.1) is 5.92 Å². The first-order chi connectivity index (χ1) is 20.6. The number of benzene rings is 3. The predicted octanol–water partition coefficient (Wildman–Crippen LogP) is 6.19. The maximum atomic E-state index is 13.9. The Labute approximate surface area is 263 Å². The van der Waals surface area contributed by atoms with Crippen LogP contribution in [0.15, 0.2) is 69.1 Å². The van der Waals surface area contributed by atoms with Crippen LogP contribution in [-0.2, 0) is 10.0 Å². The molecule has 1 atom stereocenters. The zero-order chi connectivity index (χ0) is 30.7. The van der Waals surface area contributed by atoms with Crippen LogP contribution in [0.2, 0.25) is 0 Å². The Morgan fingerprint density at radius 2 is 1.77 bits per heavy atom. The summed E-state index contributed by atoms with van der Waals surface area (Å²) in [6, 6.07) is 15.0. The van der Waals surface area contributed by atoms with Crippen molar-refractivity contribution < 1.29 is 27.4 Å². The minimum atomic E-state index is -3.67. The van der Waals surface area contributed by atoms with Gasteiger partial charge in [0, 0.05) is 28.7 Å². The molecule has 1 saturated heterocycles. The van der Waals surface area contributed by atoms with Crippen LogP contribution >= 0.6 is 27.3 Å². The van der Waals surface area contributed by atoms with Gasteiger partial charge in [-0.1, -0.05) is 34.2 Å². The minimum absolute atomic E-state index is 0.149. The van der Waals surface area contributed by atoms with E-state index in [4.69, 9.17) is 14.2 Å². The summed E-state index contributed by atoms with van der Waals surface area (Å²) in [5.41, 5.74) is 1.56. The standard InChI is InChI=1S/C30H31BrN4O6S2/c1-19-6-5-13-34(18-19)43(37,38)23-10-7-21(8-11-23)29(36)35(30-33-24-12-9-22(31)16-27(24)42-30)32-17-20-14-25(39-2)28(41-4)26(15-20)40-3/h7-12,14-17,19H,5-6,13,18H2,1-4H3/b32-17+. The van der Waals surface area contributed by atoms with Gasteiger partial charge in [-0.05, 0) is 73.4 Å². The molecule has 0 radical (unpaired) electrons. The van der Waals surface area contributed by atoms with Crippen molar-refractivity contribution in [3.8, 4) is 17.2 Å². The van der Waals surface area contributed by atoms with Crippen molar-refractivity contribution in [1.82, 2.24) is 9.29 Å². The van der Waals surface area contributed by atoms with E-state index in [0.29, 0.717) is 52.5 Å². The number of carbonyl (C=O) groups is 1. The van der Waals surface area contributed by atoms with E-state index < -0.39 is 15.9 Å². The Hall–Kier alpha value is -3.52. The summed E-state index contributed by atoms with van der Waals surface area (Å²) in [6.45, 7) is 3.03. The minimum Gasteiger partial charge on any atom is -0.493 e. The fourth-order valence-electron chi connectivity index (χ4n) is 4.87. The zero-order valence-corrected chi connectivity index (χ0v) is 27.3. The highest BCUT2D eigenvalue weighted by Crippen LogP contribution is 2.38. The highest BCUT2D eigenvalue weighted by molar-refractivity contribution is 9.10. The maximum absolute atomic E-state index is 13.9. The third-order valence-corrected chi connectivity index (χ3v) is 10.4. The highest BCUT2D eigenvalue weighted by atomic mass is 79.9. The average molecular weight is 688 g/mol. The normalized spacial score (nSPS) is 16.0. The van der Waals surface area contributed by atoms with Crippen molar-refractivity contribution in [1.29, 1.82) is 0 Å². The summed E-state index contributed by atoms with van der Waals surface area (Å²) >= 11 is 4.79. The van der Waals surface area contributed by atoms with Crippen LogP contribution in [0.4, 0.5) is 5.13 Å². The summed E-state index contributed by atoms with van der Waals surface area (Å²) in [5, 5.41) is 6.09. The number of sulfonamides is 1. The van der Waals surface area contributed by atoms with Gasteiger partial charge in [0.15, 0.2) is 11.5 Å². The van der Waals surface area contributed by atoms with E-state index in [1.165, 1.54) is 72.5 Å². The van der Waals surface area contributed by atoms with Crippen LogP contribution in [0.25, 0.3) is 10.2 Å². The molecule has 10 nitrogen and oxygen atoms in total. The number of hydrogen-bond donors (Lipinski definition) is 0. The van der Waals surface area contributed by atoms with Crippen LogP contribution in [0.5, 0.6) is 17.2 Å². The van der Waals surface area contributed by atoms with Crippen molar-refractivity contribution in [3.05, 3.63) is 70.2 Å². The van der Waals surface area contributed by atoms with Gasteiger partial charge < -0.3 is 14.2 Å². The Kier molecular flexibility index (Phi) is 9.35. The number of piperidine rings is 1. The molecule has 2 heterocycles. The summed E-state index contributed by atoms with van der Waals surface area (Å²) in [6.07, 6.45) is 3.34. The van der Waals surface area contributed by atoms with Crippen LogP contribution in [0.3, 0.4) is 0 Å². The number of fused-ring (bicyclic) bond motifs is 1. The van der Waals surface area contributed by atoms with Gasteiger partial charge in [0.2, 0.25) is 20.9 Å². The third-order valence-electron chi connectivity index (χ3n) is 7.08. The molecule has 4 aromatic rings. The number of aromatic nitrogens is 1. The second kappa shape index (κ2) is 13.0. The molecule has 1 aromatic heterocycles. The molecule has 226 valence electrons. The first kappa shape index (κ1) is 30.9. The van der Waals surface area contributed by atoms with Gasteiger partial charge in [-0.3, -0.25) is 4.79 Å². The predicted molar refractivity (Wildman–Crippen MR) is 171 cm³/mol. The third kappa shape index (κ3) is 6.54. The molecule has 0 aliphatic carbocycles. The topological polar surface area (TPSA) is 111 Å². The fraction of sp³-hybridized carbons (Fsp3) is 0.300. The molecule has 3 aromatic carbocycles. The van der Waals surface area contributed by atoms with E-state index in [1.807, 2.05) is 18.2 Å². The van der Waals surface area contributed by atoms with Gasteiger partial charge in [0.25, 0.3) is 5.91 Å². The van der Waals surface area contributed by atoms with E-state index in [-0.39, 0.29) is 10.5 Å². The Bertz CT molecular complexity index is 1750. The number of ether oxygens (including phenoxy) is 3. The van der Waals surface area contributed by atoms with Gasteiger partial charge in [0.1, 0.15) is 0 Å². The molecule has 5 rings (SSSR count). The van der Waals surface area contributed by atoms with Crippen molar-refractivity contribution >= 4 is 64.8 Å². The molecule has 1 aliphatic rings. The number of amides is 1. The van der Waals surface area contributed by atoms with E-state index in [9.17, 15) is 13.2 Å². The first-order valence-electron chi connectivity index (χ1n) is 13.5. The molecule has 1 amide bonds. The number of carbonyl (C=O) groups excluding carboxylic acids is 1. The number of thiazole rings is 1. The SMILES string of the molecule is COc1cc(/C=N/N(C(=O)c2ccc(S(=O)(=O)N3CCCC(C)C3)cc2)c2nc3ccc(Br)cc3s2)cc(OC)c1OC. The summed E-state index contributed by atoms with van der Waals surface area (Å²) in [4.78, 5) is 18.7. The molecule has 13 heteroatoms. The lowest BCUT2D eigenvalue weighted by Gasteiger charge is -2.30. The quantitative estimate of drug-likeness (QED) is 0.153. The molecule has 0 saturated carbocycles. The van der Waals surface area contributed by atoms with E-state index in [2.05, 4.69) is 32.9 Å². The number of rotatable bonds is 9. The number of nitrogens with zero attached hydrogens (tertiary/aromatic N) is 4. The average Bonchev–Trinajstić information content (AvgIpc) is 3.43. The molecular weight excluding hydrogens is 656 g/mol. The Balaban J connectivity index is 1.51. The van der Waals surface area contributed by atoms with Crippen molar-refractivity contribution in [2.24, 2.45) is 11.0 Å². The van der Waals surface area contributed by atoms with Gasteiger partial charge in [0.05, 0.1) is 42.7 Å². The lowest BCUT2D eigenvalue weighted by molar-refractivity contribution is 0.0987. The molecular formula is C30H31BrN4O6S2. The van der Waals surface area contributed by atoms with Crippen LogP contribution < -0.4 is 19.2 Å². The lowest BCUT2D eigenvalue weighted by Crippen LogP contribution is -2.39. The Morgan fingerprint density at radius 3 is 2.40 bits per heavy atom. The molecule has 0 bridgehead atoms. The van der Waals surface area contributed by atoms with Gasteiger partial charge >= 0.3 is 0 Å². The largest absolute Gasteiger partial charge is 0.493 e. The maximum Gasteiger partial charge on any atom is 0.280 e. The lowest BCUT2D eigenvalue weighted by atomic mass is 10.0. The van der Waals surface area contributed by atoms with Gasteiger partial charge in [-0.15, -0.1) is 0 Å². The Morgan fingerprint density at radius 1 is 1.07 bits per heavy atom. The smallest absolute Gasteiger partial charge is 0.280 e. The summed E-state index contributed by atoms with van der Waals surface area (Å²) in [5.74, 6) is 1.13. The molecule has 1 unspecified atom stereocenters. The van der Waals surface area contributed by atoms with E-state index in [1.54, 1.807) is 12.1 Å². The van der Waals surface area contributed by atoms with E-state index >= 15 is 0 Å². The van der Waals surface area contributed by atoms with Crippen LogP contribution in [0.1, 0.15) is 35.7 Å². The summed E-state index contributed by atoms with van der Waals surface area (Å²) in [7, 11) is 0.885. The zero-order valence-electron chi connectivity index (χ0n) is 24.1. The fourth-order valence-corrected chi connectivity index (χ4v) is 7.94. The number of hydrazone groups is 1. The number of methoxy groups -OCH3 is 3. The van der Waals surface area contributed by atoms with Crippen LogP contribution in [-0.4, -0.2) is 64.2 Å². The van der Waals surface area contributed by atoms with Crippen molar-refractivity contribution in [2.75, 3.05) is 39.4 Å². The number of hydrogen-bond acceptors (Lipinski definition) is 9. The second-order valence-corrected chi connectivity index (χ2v) is 13.9. The molecule has 43 heavy (non-hydrogen) atoms. The number of halogens is 1. The monoisotopic (exact) mass is 686 g/mol. The van der Waals surface area contributed by atoms with Crippen molar-refractivity contribution in [2.45, 2.75) is 24.7 Å². The van der Waals surface area contributed by atoms with Gasteiger partial charge in [-0.25, -0.2) is 13.4 Å². The molecule has 0 N–H and O–H groups in total. The first-order valence-corrected chi connectivity index (χ1v) is 16.5. The van der Waals surface area contributed by atoms with Gasteiger partial charge in [-0.2, -0.15) is 14.4 Å². The highest BCUT2D eigenvalue weighted by Gasteiger charge is 2.29. The second-order valence-electron chi connectivity index (χ2n) is 10.1. The van der Waals surface area contributed by atoms with Crippen molar-refractivity contribution in [3.63, 3.8) is 0 Å². The molecule has 0 spiro atoms. The summed E-state index contributed by atoms with van der Waals surface area (Å²) < 4.78 is 46.1. The molecule has 1 fully saturated rings. The molecule has 1 aliphatic heterocycles. The number of anilines is 1.